The molecule has 3 aliphatic rings. The van der Waals surface area contributed by atoms with E-state index in [1.807, 2.05) is 0 Å². The van der Waals surface area contributed by atoms with Crippen LogP contribution in [0.4, 0.5) is 0 Å². The maximum absolute atomic E-state index is 2.52. The van der Waals surface area contributed by atoms with Crippen LogP contribution < -0.4 is 0 Å². The lowest BCUT2D eigenvalue weighted by Crippen LogP contribution is -2.49. The Bertz CT molecular complexity index is 238. The number of hydrogen-bond acceptors (Lipinski definition) is 0. The second-order valence-corrected chi connectivity index (χ2v) is 7.04. The first-order valence-electron chi connectivity index (χ1n) is 6.94. The van der Waals surface area contributed by atoms with Gasteiger partial charge in [-0.05, 0) is 29.5 Å². The van der Waals surface area contributed by atoms with Crippen molar-refractivity contribution >= 4 is 7.28 Å². The first-order chi connectivity index (χ1) is 6.94. The summed E-state index contributed by atoms with van der Waals surface area (Å²) in [6, 6.07) is 0. The van der Waals surface area contributed by atoms with Gasteiger partial charge >= 0.3 is 0 Å². The summed E-state index contributed by atoms with van der Waals surface area (Å²) in [7, 11) is 1.53. The van der Waals surface area contributed by atoms with E-state index in [4.69, 9.17) is 0 Å². The molecule has 2 saturated heterocycles. The van der Waals surface area contributed by atoms with Gasteiger partial charge in [-0.2, -0.15) is 0 Å². The maximum atomic E-state index is 2.52. The molecule has 4 atom stereocenters. The van der Waals surface area contributed by atoms with E-state index in [9.17, 15) is 0 Å². The second kappa shape index (κ2) is 3.53. The second-order valence-electron chi connectivity index (χ2n) is 7.04. The smallest absolute Gasteiger partial charge is 0.0655 e. The first-order valence-corrected chi connectivity index (χ1v) is 6.94. The molecule has 4 unspecified atom stereocenters. The van der Waals surface area contributed by atoms with Crippen LogP contribution >= 0.6 is 0 Å². The Morgan fingerprint density at radius 2 is 1.93 bits per heavy atom. The Kier molecular flexibility index (Phi) is 2.72. The molecule has 2 heterocycles. The van der Waals surface area contributed by atoms with Gasteiger partial charge in [0.2, 0.25) is 0 Å². The monoisotopic (exact) mass is 206 g/mol. The quantitative estimate of drug-likeness (QED) is 0.591. The van der Waals surface area contributed by atoms with Gasteiger partial charge in [-0.15, -0.1) is 0 Å². The van der Waals surface area contributed by atoms with E-state index in [1.54, 1.807) is 0 Å². The minimum absolute atomic E-state index is 0.709. The molecule has 0 amide bonds. The molecule has 0 N–H and O–H groups in total. The van der Waals surface area contributed by atoms with E-state index < -0.39 is 0 Å². The van der Waals surface area contributed by atoms with Crippen LogP contribution in [0.3, 0.4) is 0 Å². The predicted molar refractivity (Wildman–Crippen MR) is 69.8 cm³/mol. The summed E-state index contributed by atoms with van der Waals surface area (Å²) < 4.78 is 0. The highest BCUT2D eigenvalue weighted by Crippen LogP contribution is 2.72. The normalized spacial score (nSPS) is 49.5. The highest BCUT2D eigenvalue weighted by atomic mass is 14.5. The van der Waals surface area contributed by atoms with Gasteiger partial charge in [-0.25, -0.2) is 0 Å². The van der Waals surface area contributed by atoms with E-state index in [1.165, 1.54) is 33.0 Å². The number of rotatable bonds is 2. The van der Waals surface area contributed by atoms with Gasteiger partial charge in [0, 0.05) is 0 Å². The van der Waals surface area contributed by atoms with Crippen molar-refractivity contribution in [1.82, 2.24) is 0 Å². The van der Waals surface area contributed by atoms with Crippen molar-refractivity contribution in [3.05, 3.63) is 0 Å². The van der Waals surface area contributed by atoms with Crippen LogP contribution in [0.25, 0.3) is 0 Å². The summed E-state index contributed by atoms with van der Waals surface area (Å²) in [6.45, 7) is 12.3. The van der Waals surface area contributed by atoms with Crippen molar-refractivity contribution in [2.24, 2.45) is 17.8 Å². The zero-order valence-electron chi connectivity index (χ0n) is 11.3. The molecule has 3 rings (SSSR count). The summed E-state index contributed by atoms with van der Waals surface area (Å²) in [5.41, 5.74) is 0. The zero-order valence-corrected chi connectivity index (χ0v) is 11.3. The van der Waals surface area contributed by atoms with Crippen LogP contribution in [0.5, 0.6) is 0 Å². The third-order valence-corrected chi connectivity index (χ3v) is 5.83. The summed E-state index contributed by atoms with van der Waals surface area (Å²) in [5, 5.41) is 1.45. The fourth-order valence-corrected chi connectivity index (χ4v) is 4.87. The highest BCUT2D eigenvalue weighted by molar-refractivity contribution is 6.49. The van der Waals surface area contributed by atoms with Crippen LogP contribution in [0.2, 0.25) is 10.6 Å². The SMILES string of the molecule is CCC12BC(C(C)C)(C1)C(C)CC(C)C2. The maximum Gasteiger partial charge on any atom is 0.136 e. The lowest BCUT2D eigenvalue weighted by atomic mass is 9.20. The fraction of sp³-hybridized carbons (Fsp3) is 1.00. The third-order valence-electron chi connectivity index (χ3n) is 5.83. The van der Waals surface area contributed by atoms with Crippen molar-refractivity contribution in [2.45, 2.75) is 70.9 Å². The summed E-state index contributed by atoms with van der Waals surface area (Å²) >= 11 is 0. The van der Waals surface area contributed by atoms with Gasteiger partial charge in [0.25, 0.3) is 0 Å². The molecule has 15 heavy (non-hydrogen) atoms. The summed E-state index contributed by atoms with van der Waals surface area (Å²) in [6.07, 6.45) is 5.92. The van der Waals surface area contributed by atoms with Crippen molar-refractivity contribution in [3.8, 4) is 0 Å². The number of hydrogen-bond donors (Lipinski definition) is 0. The summed E-state index contributed by atoms with van der Waals surface area (Å²) in [4.78, 5) is 0. The van der Waals surface area contributed by atoms with Crippen LogP contribution in [0.15, 0.2) is 0 Å². The molecule has 1 aliphatic carbocycles. The molecular weight excluding hydrogens is 179 g/mol. The van der Waals surface area contributed by atoms with E-state index in [0.717, 1.165) is 23.1 Å². The van der Waals surface area contributed by atoms with Gasteiger partial charge in [0.05, 0.1) is 0 Å². The van der Waals surface area contributed by atoms with Crippen molar-refractivity contribution in [2.75, 3.05) is 0 Å². The Hall–Kier alpha value is 0.0649. The lowest BCUT2D eigenvalue weighted by molar-refractivity contribution is 0.201. The van der Waals surface area contributed by atoms with Gasteiger partial charge in [-0.3, -0.25) is 0 Å². The molecule has 0 spiro atoms. The molecule has 0 aromatic carbocycles. The largest absolute Gasteiger partial charge is 0.136 e. The predicted octanol–water partition coefficient (Wildman–Crippen LogP) is 4.28. The molecule has 2 bridgehead atoms. The van der Waals surface area contributed by atoms with Crippen molar-refractivity contribution in [1.29, 1.82) is 0 Å². The lowest BCUT2D eigenvalue weighted by Gasteiger charge is -2.59. The van der Waals surface area contributed by atoms with Gasteiger partial charge in [0.1, 0.15) is 7.28 Å². The molecule has 0 aromatic rings. The van der Waals surface area contributed by atoms with E-state index in [-0.39, 0.29) is 0 Å². The van der Waals surface area contributed by atoms with Crippen molar-refractivity contribution in [3.63, 3.8) is 0 Å². The zero-order chi connectivity index (χ0) is 11.3. The molecule has 0 aromatic heterocycles. The van der Waals surface area contributed by atoms with Crippen LogP contribution in [-0.2, 0) is 0 Å². The van der Waals surface area contributed by atoms with Crippen LogP contribution in [0.1, 0.15) is 60.3 Å². The molecule has 86 valence electrons. The first kappa shape index (κ1) is 11.5. The third kappa shape index (κ3) is 1.57. The molecule has 0 nitrogen and oxygen atoms in total. The molecule has 2 aliphatic heterocycles. The Morgan fingerprint density at radius 3 is 2.40 bits per heavy atom. The van der Waals surface area contributed by atoms with Gasteiger partial charge in [-0.1, -0.05) is 59.2 Å². The van der Waals surface area contributed by atoms with Crippen molar-refractivity contribution < 1.29 is 0 Å². The van der Waals surface area contributed by atoms with E-state index >= 15 is 0 Å². The Balaban J connectivity index is 2.23. The number of fused-ring (bicyclic) bond motifs is 3. The van der Waals surface area contributed by atoms with Gasteiger partial charge in [0.15, 0.2) is 0 Å². The summed E-state index contributed by atoms with van der Waals surface area (Å²) in [5.74, 6) is 2.80. The molecule has 1 saturated carbocycles. The minimum atomic E-state index is 0.709. The van der Waals surface area contributed by atoms with Crippen LogP contribution in [0, 0.1) is 17.8 Å². The highest BCUT2D eigenvalue weighted by Gasteiger charge is 2.60. The average Bonchev–Trinajstić information content (AvgIpc) is 2.25. The van der Waals surface area contributed by atoms with E-state index in [2.05, 4.69) is 34.6 Å². The fourth-order valence-electron chi connectivity index (χ4n) is 4.87. The standard InChI is InChI=1S/C14H27B/c1-6-13-8-11(4)7-12(5)14(9-13,15-13)10(2)3/h10-12,15H,6-9H2,1-5H3. The topological polar surface area (TPSA) is 0 Å². The minimum Gasteiger partial charge on any atom is -0.0655 e. The molecule has 0 radical (unpaired) electrons. The van der Waals surface area contributed by atoms with Gasteiger partial charge < -0.3 is 0 Å². The Labute approximate surface area is 96.5 Å². The van der Waals surface area contributed by atoms with Crippen LogP contribution in [-0.4, -0.2) is 7.28 Å². The van der Waals surface area contributed by atoms with E-state index in [0.29, 0.717) is 5.31 Å². The molecule has 1 heteroatoms. The Morgan fingerprint density at radius 1 is 1.33 bits per heavy atom. The molecule has 3 fully saturated rings. The molecular formula is C14H27B. The average molecular weight is 206 g/mol.